The first kappa shape index (κ1) is 10.3. The molecule has 3 rings (SSSR count). The lowest BCUT2D eigenvalue weighted by atomic mass is 9.87. The highest BCUT2D eigenvalue weighted by Gasteiger charge is 2.15. The van der Waals surface area contributed by atoms with E-state index in [1.54, 1.807) is 0 Å². The monoisotopic (exact) mass is 224 g/mol. The first-order valence-electron chi connectivity index (χ1n) is 5.93. The number of rotatable bonds is 0. The average molecular weight is 224 g/mol. The van der Waals surface area contributed by atoms with Gasteiger partial charge in [-0.3, -0.25) is 0 Å². The maximum Gasteiger partial charge on any atom is 0.0933 e. The van der Waals surface area contributed by atoms with Crippen LogP contribution in [0.4, 0.5) is 0 Å². The summed E-state index contributed by atoms with van der Waals surface area (Å²) in [6.45, 7) is 6.70. The largest absolute Gasteiger partial charge is 0.240 e. The highest BCUT2D eigenvalue weighted by molar-refractivity contribution is 5.94. The van der Waals surface area contributed by atoms with Crippen molar-refractivity contribution in [1.82, 2.24) is 9.61 Å². The molecule has 0 fully saturated rings. The number of nitrogens with zero attached hydrogens (tertiary/aromatic N) is 2. The van der Waals surface area contributed by atoms with Crippen molar-refractivity contribution in [1.29, 1.82) is 0 Å². The average Bonchev–Trinajstić information content (AvgIpc) is 2.65. The van der Waals surface area contributed by atoms with Gasteiger partial charge < -0.3 is 0 Å². The van der Waals surface area contributed by atoms with Crippen LogP contribution in [-0.2, 0) is 5.41 Å². The Morgan fingerprint density at radius 1 is 1.06 bits per heavy atom. The van der Waals surface area contributed by atoms with E-state index in [2.05, 4.69) is 62.4 Å². The Balaban J connectivity index is 2.38. The molecule has 1 aromatic carbocycles. The Kier molecular flexibility index (Phi) is 2.02. The Labute approximate surface area is 101 Å². The van der Waals surface area contributed by atoms with E-state index in [1.807, 2.05) is 10.6 Å². The molecule has 0 aliphatic rings. The third-order valence-electron chi connectivity index (χ3n) is 3.20. The number of hydrogen-bond donors (Lipinski definition) is 0. The molecule has 0 saturated carbocycles. The van der Waals surface area contributed by atoms with Crippen molar-refractivity contribution in [2.24, 2.45) is 0 Å². The van der Waals surface area contributed by atoms with Crippen LogP contribution in [-0.4, -0.2) is 9.61 Å². The lowest BCUT2D eigenvalue weighted by molar-refractivity contribution is 0.589. The van der Waals surface area contributed by atoms with Crippen LogP contribution in [0, 0.1) is 0 Å². The normalized spacial score (nSPS) is 12.4. The standard InChI is InChI=1S/C15H16N2/c1-15(2,3)11-8-9-17-14(10-11)12-6-4-5-7-13(12)16-17/h4-10H,1-3H3. The molecule has 2 heteroatoms. The minimum Gasteiger partial charge on any atom is -0.240 e. The van der Waals surface area contributed by atoms with Crippen LogP contribution < -0.4 is 0 Å². The summed E-state index contributed by atoms with van der Waals surface area (Å²) in [6.07, 6.45) is 2.05. The molecule has 0 N–H and O–H groups in total. The van der Waals surface area contributed by atoms with Crippen molar-refractivity contribution in [2.75, 3.05) is 0 Å². The van der Waals surface area contributed by atoms with Gasteiger partial charge in [-0.2, -0.15) is 5.10 Å². The van der Waals surface area contributed by atoms with Crippen LogP contribution in [0.5, 0.6) is 0 Å². The fourth-order valence-corrected chi connectivity index (χ4v) is 2.14. The first-order valence-corrected chi connectivity index (χ1v) is 5.93. The minimum absolute atomic E-state index is 0.174. The van der Waals surface area contributed by atoms with E-state index in [1.165, 1.54) is 16.5 Å². The van der Waals surface area contributed by atoms with Gasteiger partial charge in [0.25, 0.3) is 0 Å². The topological polar surface area (TPSA) is 17.3 Å². The van der Waals surface area contributed by atoms with Crippen LogP contribution >= 0.6 is 0 Å². The predicted molar refractivity (Wildman–Crippen MR) is 71.4 cm³/mol. The quantitative estimate of drug-likeness (QED) is 0.568. The summed E-state index contributed by atoms with van der Waals surface area (Å²) in [4.78, 5) is 0. The van der Waals surface area contributed by atoms with Crippen molar-refractivity contribution in [2.45, 2.75) is 26.2 Å². The van der Waals surface area contributed by atoms with Gasteiger partial charge >= 0.3 is 0 Å². The molecule has 0 unspecified atom stereocenters. The predicted octanol–water partition coefficient (Wildman–Crippen LogP) is 3.79. The summed E-state index contributed by atoms with van der Waals surface area (Å²) in [5, 5.41) is 5.78. The van der Waals surface area contributed by atoms with Crippen molar-refractivity contribution in [3.8, 4) is 0 Å². The van der Waals surface area contributed by atoms with Gasteiger partial charge in [-0.1, -0.05) is 39.0 Å². The van der Waals surface area contributed by atoms with Gasteiger partial charge in [0.05, 0.1) is 11.0 Å². The van der Waals surface area contributed by atoms with Crippen LogP contribution in [0.25, 0.3) is 16.4 Å². The molecular formula is C15H16N2. The molecule has 2 nitrogen and oxygen atoms in total. The van der Waals surface area contributed by atoms with Gasteiger partial charge in [-0.15, -0.1) is 0 Å². The molecule has 3 aromatic rings. The summed E-state index contributed by atoms with van der Waals surface area (Å²) < 4.78 is 1.96. The van der Waals surface area contributed by atoms with E-state index in [9.17, 15) is 0 Å². The van der Waals surface area contributed by atoms with E-state index < -0.39 is 0 Å². The molecular weight excluding hydrogens is 208 g/mol. The summed E-state index contributed by atoms with van der Waals surface area (Å²) in [5.41, 5.74) is 3.76. The van der Waals surface area contributed by atoms with Gasteiger partial charge in [0.15, 0.2) is 0 Å². The van der Waals surface area contributed by atoms with E-state index in [4.69, 9.17) is 0 Å². The highest BCUT2D eigenvalue weighted by Crippen LogP contribution is 2.26. The molecule has 0 spiro atoms. The summed E-state index contributed by atoms with van der Waals surface area (Å²) in [6, 6.07) is 12.7. The Hall–Kier alpha value is -1.83. The minimum atomic E-state index is 0.174. The lowest BCUT2D eigenvalue weighted by Gasteiger charge is -2.18. The van der Waals surface area contributed by atoms with Crippen LogP contribution in [0.3, 0.4) is 0 Å². The van der Waals surface area contributed by atoms with Crippen LogP contribution in [0.15, 0.2) is 42.6 Å². The van der Waals surface area contributed by atoms with E-state index >= 15 is 0 Å². The number of fused-ring (bicyclic) bond motifs is 3. The summed E-state index contributed by atoms with van der Waals surface area (Å²) in [5.74, 6) is 0. The molecule has 2 heterocycles. The molecule has 0 aliphatic heterocycles. The maximum atomic E-state index is 4.56. The molecule has 0 radical (unpaired) electrons. The molecule has 17 heavy (non-hydrogen) atoms. The third kappa shape index (κ3) is 1.60. The van der Waals surface area contributed by atoms with Crippen molar-refractivity contribution >= 4 is 16.4 Å². The zero-order valence-electron chi connectivity index (χ0n) is 10.4. The molecule has 0 saturated heterocycles. The Bertz CT molecular complexity index is 687. The maximum absolute atomic E-state index is 4.56. The molecule has 0 amide bonds. The molecule has 0 aliphatic carbocycles. The van der Waals surface area contributed by atoms with Gasteiger partial charge in [0, 0.05) is 11.6 Å². The van der Waals surface area contributed by atoms with Crippen molar-refractivity contribution in [3.05, 3.63) is 48.2 Å². The number of hydrogen-bond acceptors (Lipinski definition) is 1. The van der Waals surface area contributed by atoms with Crippen molar-refractivity contribution in [3.63, 3.8) is 0 Å². The zero-order valence-corrected chi connectivity index (χ0v) is 10.4. The van der Waals surface area contributed by atoms with Crippen LogP contribution in [0.2, 0.25) is 0 Å². The molecule has 0 bridgehead atoms. The Morgan fingerprint density at radius 2 is 1.82 bits per heavy atom. The second-order valence-corrected chi connectivity index (χ2v) is 5.51. The second kappa shape index (κ2) is 3.33. The molecule has 2 aromatic heterocycles. The van der Waals surface area contributed by atoms with E-state index in [0.717, 1.165) is 5.52 Å². The lowest BCUT2D eigenvalue weighted by Crippen LogP contribution is -2.11. The number of pyridine rings is 1. The smallest absolute Gasteiger partial charge is 0.0933 e. The van der Waals surface area contributed by atoms with Crippen molar-refractivity contribution < 1.29 is 0 Å². The second-order valence-electron chi connectivity index (χ2n) is 5.51. The number of benzene rings is 1. The zero-order chi connectivity index (χ0) is 12.0. The van der Waals surface area contributed by atoms with Gasteiger partial charge in [0.1, 0.15) is 0 Å². The molecule has 0 atom stereocenters. The SMILES string of the molecule is CC(C)(C)c1ccn2nc3ccccc3c2c1. The van der Waals surface area contributed by atoms with E-state index in [-0.39, 0.29) is 5.41 Å². The fraction of sp³-hybridized carbons (Fsp3) is 0.267. The fourth-order valence-electron chi connectivity index (χ4n) is 2.14. The highest BCUT2D eigenvalue weighted by atomic mass is 15.2. The first-order chi connectivity index (χ1) is 8.05. The summed E-state index contributed by atoms with van der Waals surface area (Å²) in [7, 11) is 0. The van der Waals surface area contributed by atoms with Crippen LogP contribution in [0.1, 0.15) is 26.3 Å². The van der Waals surface area contributed by atoms with Gasteiger partial charge in [0.2, 0.25) is 0 Å². The summed E-state index contributed by atoms with van der Waals surface area (Å²) >= 11 is 0. The third-order valence-corrected chi connectivity index (χ3v) is 3.20. The molecule has 86 valence electrons. The van der Waals surface area contributed by atoms with E-state index in [0.29, 0.717) is 0 Å². The van der Waals surface area contributed by atoms with Gasteiger partial charge in [-0.05, 0) is 29.2 Å². The number of aromatic nitrogens is 2. The van der Waals surface area contributed by atoms with Gasteiger partial charge in [-0.25, -0.2) is 4.52 Å². The Morgan fingerprint density at radius 3 is 2.59 bits per heavy atom.